The van der Waals surface area contributed by atoms with Crippen molar-refractivity contribution in [3.05, 3.63) is 51.9 Å². The second kappa shape index (κ2) is 7.55. The maximum Gasteiger partial charge on any atom is 0.254 e. The lowest BCUT2D eigenvalue weighted by molar-refractivity contribution is 0.0746. The van der Waals surface area contributed by atoms with Crippen molar-refractivity contribution >= 4 is 33.3 Å². The predicted octanol–water partition coefficient (Wildman–Crippen LogP) is 4.55. The predicted molar refractivity (Wildman–Crippen MR) is 121 cm³/mol. The van der Waals surface area contributed by atoms with E-state index in [0.29, 0.717) is 24.6 Å². The zero-order valence-corrected chi connectivity index (χ0v) is 18.3. The van der Waals surface area contributed by atoms with Gasteiger partial charge < -0.3 is 9.80 Å². The second-order valence-corrected chi connectivity index (χ2v) is 9.94. The van der Waals surface area contributed by atoms with E-state index in [9.17, 15) is 9.18 Å². The molecule has 3 heterocycles. The minimum Gasteiger partial charge on any atom is -0.352 e. The number of aryl methyl sites for hydroxylation is 2. The van der Waals surface area contributed by atoms with Crippen molar-refractivity contribution in [2.24, 2.45) is 0 Å². The monoisotopic (exact) mass is 436 g/mol. The van der Waals surface area contributed by atoms with Gasteiger partial charge in [-0.25, -0.2) is 14.4 Å². The molecule has 2 aliphatic carbocycles. The fourth-order valence-electron chi connectivity index (χ4n) is 4.83. The zero-order valence-electron chi connectivity index (χ0n) is 17.4. The standard InChI is InChI=1S/C24H25FN4OS/c25-17-5-3-4-16(14-17)24(30)29-12-10-28(11-13-29)22-20-18-6-1-2-7-19(18)31-23(20)27-21(26-22)15-8-9-15/h3-5,14-15H,1-2,6-13H2. The summed E-state index contributed by atoms with van der Waals surface area (Å²) in [6.07, 6.45) is 7.15. The van der Waals surface area contributed by atoms with E-state index in [1.807, 2.05) is 16.2 Å². The van der Waals surface area contributed by atoms with Crippen molar-refractivity contribution in [2.75, 3.05) is 31.1 Å². The Labute approximate surface area is 184 Å². The number of thiophene rings is 1. The number of nitrogens with zero attached hydrogens (tertiary/aromatic N) is 4. The van der Waals surface area contributed by atoms with E-state index < -0.39 is 0 Å². The molecule has 160 valence electrons. The Hall–Kier alpha value is -2.54. The SMILES string of the molecule is O=C(c1cccc(F)c1)N1CCN(c2nc(C3CC3)nc3sc4c(c23)CCCC4)CC1. The third kappa shape index (κ3) is 3.49. The van der Waals surface area contributed by atoms with Gasteiger partial charge in [0, 0.05) is 42.5 Å². The Morgan fingerprint density at radius 3 is 2.65 bits per heavy atom. The first-order valence-electron chi connectivity index (χ1n) is 11.3. The summed E-state index contributed by atoms with van der Waals surface area (Å²) in [7, 11) is 0. The average Bonchev–Trinajstić information content (AvgIpc) is 3.58. The van der Waals surface area contributed by atoms with Gasteiger partial charge >= 0.3 is 0 Å². The molecule has 1 saturated heterocycles. The molecule has 6 rings (SSSR count). The summed E-state index contributed by atoms with van der Waals surface area (Å²) in [6.45, 7) is 2.71. The third-order valence-electron chi connectivity index (χ3n) is 6.69. The van der Waals surface area contributed by atoms with Gasteiger partial charge in [-0.3, -0.25) is 4.79 Å². The number of carbonyl (C=O) groups is 1. The quantitative estimate of drug-likeness (QED) is 0.605. The Morgan fingerprint density at radius 2 is 1.87 bits per heavy atom. The molecule has 7 heteroatoms. The Kier molecular flexibility index (Phi) is 4.67. The van der Waals surface area contributed by atoms with Gasteiger partial charge in [0.2, 0.25) is 0 Å². The normalized spacial score (nSPS) is 19.0. The summed E-state index contributed by atoms with van der Waals surface area (Å²) in [6, 6.07) is 5.97. The lowest BCUT2D eigenvalue weighted by Crippen LogP contribution is -2.49. The lowest BCUT2D eigenvalue weighted by Gasteiger charge is -2.36. The summed E-state index contributed by atoms with van der Waals surface area (Å²) in [4.78, 5) is 29.7. The number of anilines is 1. The van der Waals surface area contributed by atoms with E-state index in [0.717, 1.165) is 42.4 Å². The minimum absolute atomic E-state index is 0.0985. The average molecular weight is 437 g/mol. The molecular formula is C24H25FN4OS. The summed E-state index contributed by atoms with van der Waals surface area (Å²) < 4.78 is 13.5. The maximum atomic E-state index is 13.5. The Balaban J connectivity index is 1.29. The summed E-state index contributed by atoms with van der Waals surface area (Å²) >= 11 is 1.86. The highest BCUT2D eigenvalue weighted by molar-refractivity contribution is 7.19. The van der Waals surface area contributed by atoms with Gasteiger partial charge in [-0.05, 0) is 62.3 Å². The Bertz CT molecular complexity index is 1160. The number of fused-ring (bicyclic) bond motifs is 3. The topological polar surface area (TPSA) is 49.3 Å². The van der Waals surface area contributed by atoms with E-state index in [-0.39, 0.29) is 11.7 Å². The van der Waals surface area contributed by atoms with Gasteiger partial charge in [0.25, 0.3) is 5.91 Å². The van der Waals surface area contributed by atoms with Crippen LogP contribution < -0.4 is 4.90 Å². The molecule has 3 aliphatic rings. The van der Waals surface area contributed by atoms with E-state index >= 15 is 0 Å². The molecule has 0 N–H and O–H groups in total. The van der Waals surface area contributed by atoms with Gasteiger partial charge in [-0.15, -0.1) is 11.3 Å². The largest absolute Gasteiger partial charge is 0.352 e. The molecule has 0 bridgehead atoms. The van der Waals surface area contributed by atoms with Crippen molar-refractivity contribution < 1.29 is 9.18 Å². The molecule has 31 heavy (non-hydrogen) atoms. The van der Waals surface area contributed by atoms with Crippen LogP contribution in [0.3, 0.4) is 0 Å². The number of aromatic nitrogens is 2. The van der Waals surface area contributed by atoms with Crippen molar-refractivity contribution in [2.45, 2.75) is 44.4 Å². The fourth-order valence-corrected chi connectivity index (χ4v) is 6.10. The van der Waals surface area contributed by atoms with E-state index in [1.165, 1.54) is 53.6 Å². The van der Waals surface area contributed by atoms with Crippen LogP contribution >= 0.6 is 11.3 Å². The van der Waals surface area contributed by atoms with Gasteiger partial charge in [-0.1, -0.05) is 6.07 Å². The fraction of sp³-hybridized carbons (Fsp3) is 0.458. The molecular weight excluding hydrogens is 411 g/mol. The van der Waals surface area contributed by atoms with E-state index in [4.69, 9.17) is 9.97 Å². The molecule has 1 aromatic carbocycles. The summed E-state index contributed by atoms with van der Waals surface area (Å²) in [5.41, 5.74) is 1.88. The maximum absolute atomic E-state index is 13.5. The summed E-state index contributed by atoms with van der Waals surface area (Å²) in [5, 5.41) is 1.26. The number of amides is 1. The van der Waals surface area contributed by atoms with Crippen LogP contribution in [0, 0.1) is 5.82 Å². The highest BCUT2D eigenvalue weighted by Gasteiger charge is 2.32. The van der Waals surface area contributed by atoms with E-state index in [1.54, 1.807) is 12.1 Å². The van der Waals surface area contributed by atoms with Gasteiger partial charge in [0.1, 0.15) is 22.3 Å². The number of carbonyl (C=O) groups excluding carboxylic acids is 1. The second-order valence-electron chi connectivity index (χ2n) is 8.86. The number of rotatable bonds is 3. The number of piperazine rings is 1. The van der Waals surface area contributed by atoms with Crippen molar-refractivity contribution in [3.8, 4) is 0 Å². The molecule has 1 amide bonds. The molecule has 0 atom stereocenters. The molecule has 5 nitrogen and oxygen atoms in total. The summed E-state index contributed by atoms with van der Waals surface area (Å²) in [5.74, 6) is 2.11. The minimum atomic E-state index is -0.372. The van der Waals surface area contributed by atoms with Crippen molar-refractivity contribution in [1.29, 1.82) is 0 Å². The molecule has 0 radical (unpaired) electrons. The number of hydrogen-bond acceptors (Lipinski definition) is 5. The third-order valence-corrected chi connectivity index (χ3v) is 7.88. The van der Waals surface area contributed by atoms with Crippen LogP contribution in [0.15, 0.2) is 24.3 Å². The van der Waals surface area contributed by atoms with Crippen LogP contribution in [-0.4, -0.2) is 47.0 Å². The van der Waals surface area contributed by atoms with Crippen LogP contribution in [0.2, 0.25) is 0 Å². The zero-order chi connectivity index (χ0) is 20.9. The molecule has 0 spiro atoms. The molecule has 1 saturated carbocycles. The number of hydrogen-bond donors (Lipinski definition) is 0. The van der Waals surface area contributed by atoms with Gasteiger partial charge in [-0.2, -0.15) is 0 Å². The molecule has 2 aromatic heterocycles. The molecule has 3 aromatic rings. The first-order chi connectivity index (χ1) is 15.2. The van der Waals surface area contributed by atoms with Crippen molar-refractivity contribution in [3.63, 3.8) is 0 Å². The first kappa shape index (κ1) is 19.2. The number of benzene rings is 1. The van der Waals surface area contributed by atoms with Crippen LogP contribution in [0.4, 0.5) is 10.2 Å². The smallest absolute Gasteiger partial charge is 0.254 e. The Morgan fingerprint density at radius 1 is 1.06 bits per heavy atom. The van der Waals surface area contributed by atoms with Gasteiger partial charge in [0.05, 0.1) is 5.39 Å². The van der Waals surface area contributed by atoms with Crippen LogP contribution in [0.1, 0.15) is 58.2 Å². The lowest BCUT2D eigenvalue weighted by atomic mass is 9.97. The van der Waals surface area contributed by atoms with Gasteiger partial charge in [0.15, 0.2) is 0 Å². The number of halogens is 1. The van der Waals surface area contributed by atoms with Crippen LogP contribution in [0.5, 0.6) is 0 Å². The van der Waals surface area contributed by atoms with Crippen LogP contribution in [-0.2, 0) is 12.8 Å². The van der Waals surface area contributed by atoms with Crippen LogP contribution in [0.25, 0.3) is 10.2 Å². The first-order valence-corrected chi connectivity index (χ1v) is 12.1. The molecule has 1 aliphatic heterocycles. The molecule has 0 unspecified atom stereocenters. The van der Waals surface area contributed by atoms with Crippen molar-refractivity contribution in [1.82, 2.24) is 14.9 Å². The highest BCUT2D eigenvalue weighted by atomic mass is 32.1. The highest BCUT2D eigenvalue weighted by Crippen LogP contribution is 2.44. The molecule has 2 fully saturated rings. The van der Waals surface area contributed by atoms with E-state index in [2.05, 4.69) is 4.90 Å².